The van der Waals surface area contributed by atoms with E-state index in [1.807, 2.05) is 26.2 Å². The van der Waals surface area contributed by atoms with Gasteiger partial charge in [-0.2, -0.15) is 10.2 Å². The van der Waals surface area contributed by atoms with E-state index in [1.54, 1.807) is 4.90 Å². The molecular formula is C19H24BrN5O3S. The lowest BCUT2D eigenvalue weighted by Crippen LogP contribution is -2.69. The highest BCUT2D eigenvalue weighted by atomic mass is 79.9. The number of hydrogen-bond acceptors (Lipinski definition) is 7. The van der Waals surface area contributed by atoms with Crippen molar-refractivity contribution in [2.75, 3.05) is 13.1 Å². The maximum atomic E-state index is 12.7. The van der Waals surface area contributed by atoms with Crippen molar-refractivity contribution >= 4 is 39.3 Å². The van der Waals surface area contributed by atoms with E-state index in [0.717, 1.165) is 5.01 Å². The number of nitrogens with one attached hydrogen (secondary N) is 1. The van der Waals surface area contributed by atoms with E-state index < -0.39 is 22.9 Å². The number of amides is 2. The fourth-order valence-corrected chi connectivity index (χ4v) is 4.51. The number of terminal acetylenes is 1. The lowest BCUT2D eigenvalue weighted by molar-refractivity contribution is -0.126. The van der Waals surface area contributed by atoms with E-state index in [1.165, 1.54) is 11.3 Å². The van der Waals surface area contributed by atoms with E-state index in [2.05, 4.69) is 42.4 Å². The van der Waals surface area contributed by atoms with Crippen LogP contribution >= 0.6 is 27.3 Å². The molecule has 1 saturated heterocycles. The molecule has 1 aromatic heterocycles. The number of ether oxygens (including phenoxy) is 1. The summed E-state index contributed by atoms with van der Waals surface area (Å²) < 4.78 is 6.13. The molecule has 8 nitrogen and oxygen atoms in total. The van der Waals surface area contributed by atoms with Gasteiger partial charge in [0.25, 0.3) is 0 Å². The highest BCUT2D eigenvalue weighted by molar-refractivity contribution is 9.10. The van der Waals surface area contributed by atoms with Crippen molar-refractivity contribution in [2.45, 2.75) is 63.3 Å². The van der Waals surface area contributed by atoms with Gasteiger partial charge in [-0.25, -0.2) is 9.78 Å². The Labute approximate surface area is 182 Å². The quantitative estimate of drug-likeness (QED) is 0.598. The molecule has 2 aliphatic rings. The first kappa shape index (κ1) is 21.7. The van der Waals surface area contributed by atoms with Crippen LogP contribution in [-0.2, 0) is 15.1 Å². The minimum Gasteiger partial charge on any atom is -0.444 e. The van der Waals surface area contributed by atoms with Crippen LogP contribution in [0, 0.1) is 12.3 Å². The molecule has 156 valence electrons. The van der Waals surface area contributed by atoms with Crippen molar-refractivity contribution in [3.8, 4) is 12.3 Å². The zero-order valence-electron chi connectivity index (χ0n) is 16.7. The van der Waals surface area contributed by atoms with Crippen LogP contribution in [-0.4, -0.2) is 46.2 Å². The second kappa shape index (κ2) is 8.03. The number of hydrogen-bond donors (Lipinski definition) is 1. The Balaban J connectivity index is 1.61. The molecule has 0 atom stereocenters. The number of halogens is 1. The van der Waals surface area contributed by atoms with Gasteiger partial charge in [0.1, 0.15) is 20.8 Å². The Kier molecular flexibility index (Phi) is 6.01. The van der Waals surface area contributed by atoms with Crippen LogP contribution in [0.15, 0.2) is 20.2 Å². The molecule has 0 spiro atoms. The van der Waals surface area contributed by atoms with Gasteiger partial charge in [-0.1, -0.05) is 0 Å². The van der Waals surface area contributed by atoms with Gasteiger partial charge < -0.3 is 15.0 Å². The van der Waals surface area contributed by atoms with Crippen molar-refractivity contribution in [1.82, 2.24) is 15.2 Å². The van der Waals surface area contributed by atoms with E-state index in [9.17, 15) is 9.59 Å². The summed E-state index contributed by atoms with van der Waals surface area (Å²) in [5.74, 6) is 2.45. The molecule has 0 unspecified atom stereocenters. The first-order valence-electron chi connectivity index (χ1n) is 9.34. The third kappa shape index (κ3) is 5.34. The number of likely N-dealkylation sites (tertiary alicyclic amines) is 1. The lowest BCUT2D eigenvalue weighted by atomic mass is 9.90. The molecule has 0 aromatic carbocycles. The van der Waals surface area contributed by atoms with Gasteiger partial charge in [0.15, 0.2) is 5.66 Å². The normalized spacial score (nSPS) is 18.5. The summed E-state index contributed by atoms with van der Waals surface area (Å²) in [4.78, 5) is 31.1. The molecule has 1 aromatic rings. The Morgan fingerprint density at radius 2 is 2.07 bits per heavy atom. The molecule has 0 radical (unpaired) electrons. The molecule has 0 saturated carbocycles. The average Bonchev–Trinajstić information content (AvgIpc) is 3.24. The summed E-state index contributed by atoms with van der Waals surface area (Å²) in [6.45, 7) is 6.08. The van der Waals surface area contributed by atoms with Gasteiger partial charge in [0.05, 0.1) is 13.1 Å². The van der Waals surface area contributed by atoms with Crippen molar-refractivity contribution in [1.29, 1.82) is 0 Å². The smallest absolute Gasteiger partial charge is 0.410 e. The molecule has 1 fully saturated rings. The first-order valence-corrected chi connectivity index (χ1v) is 11.0. The lowest BCUT2D eigenvalue weighted by Gasteiger charge is -2.48. The van der Waals surface area contributed by atoms with E-state index in [4.69, 9.17) is 11.2 Å². The molecule has 10 heteroatoms. The molecule has 0 bridgehead atoms. The van der Waals surface area contributed by atoms with Crippen LogP contribution < -0.4 is 5.32 Å². The van der Waals surface area contributed by atoms with Crippen LogP contribution in [0.3, 0.4) is 0 Å². The van der Waals surface area contributed by atoms with Gasteiger partial charge in [-0.15, -0.1) is 23.7 Å². The monoisotopic (exact) mass is 481 g/mol. The number of carbonyl (C=O) groups excluding carboxylic acids is 2. The number of aromatic nitrogens is 1. The molecule has 1 N–H and O–H groups in total. The summed E-state index contributed by atoms with van der Waals surface area (Å²) in [7, 11) is 0. The fraction of sp³-hybridized carbons (Fsp3) is 0.632. The molecule has 3 rings (SSSR count). The first-order chi connectivity index (χ1) is 13.6. The Morgan fingerprint density at radius 3 is 2.59 bits per heavy atom. The zero-order chi connectivity index (χ0) is 21.3. The Bertz CT molecular complexity index is 858. The average molecular weight is 482 g/mol. The van der Waals surface area contributed by atoms with Gasteiger partial charge in [-0.3, -0.25) is 4.79 Å². The van der Waals surface area contributed by atoms with Crippen LogP contribution in [0.2, 0.25) is 0 Å². The SMILES string of the molecule is C#CCCC1(CCC(=O)NC2(c3nc(Br)cs3)CN(C(=O)OC(C)(C)C)C2)N=N1. The number of carbonyl (C=O) groups is 2. The van der Waals surface area contributed by atoms with Crippen molar-refractivity contribution < 1.29 is 14.3 Å². The predicted molar refractivity (Wildman–Crippen MR) is 112 cm³/mol. The summed E-state index contributed by atoms with van der Waals surface area (Å²) in [6.07, 6.45) is 6.94. The number of thiazole rings is 1. The van der Waals surface area contributed by atoms with Crippen molar-refractivity contribution in [3.63, 3.8) is 0 Å². The summed E-state index contributed by atoms with van der Waals surface area (Å²) in [6, 6.07) is 0. The Hall–Kier alpha value is -1.99. The van der Waals surface area contributed by atoms with Crippen molar-refractivity contribution in [2.24, 2.45) is 10.2 Å². The van der Waals surface area contributed by atoms with Crippen LogP contribution in [0.4, 0.5) is 4.79 Å². The minimum absolute atomic E-state index is 0.127. The van der Waals surface area contributed by atoms with Gasteiger partial charge in [-0.05, 0) is 36.7 Å². The molecule has 0 aliphatic carbocycles. The van der Waals surface area contributed by atoms with E-state index in [0.29, 0.717) is 37.0 Å². The predicted octanol–water partition coefficient (Wildman–Crippen LogP) is 3.82. The van der Waals surface area contributed by atoms with Crippen LogP contribution in [0.25, 0.3) is 0 Å². The maximum absolute atomic E-state index is 12.7. The number of nitrogens with zero attached hydrogens (tertiary/aromatic N) is 4. The van der Waals surface area contributed by atoms with Gasteiger partial charge in [0.2, 0.25) is 5.91 Å². The van der Waals surface area contributed by atoms with Crippen molar-refractivity contribution in [3.05, 3.63) is 15.0 Å². The molecule has 29 heavy (non-hydrogen) atoms. The largest absolute Gasteiger partial charge is 0.444 e. The third-order valence-corrected chi connectivity index (χ3v) is 6.40. The summed E-state index contributed by atoms with van der Waals surface area (Å²) in [5, 5.41) is 13.8. The topological polar surface area (TPSA) is 96.2 Å². The van der Waals surface area contributed by atoms with E-state index >= 15 is 0 Å². The zero-order valence-corrected chi connectivity index (χ0v) is 19.1. The van der Waals surface area contributed by atoms with Crippen LogP contribution in [0.1, 0.15) is 51.5 Å². The molecule has 2 amide bonds. The second-order valence-electron chi connectivity index (χ2n) is 8.33. The molecule has 3 heterocycles. The van der Waals surface area contributed by atoms with E-state index in [-0.39, 0.29) is 12.3 Å². The van der Waals surface area contributed by atoms with Crippen LogP contribution in [0.5, 0.6) is 0 Å². The second-order valence-corrected chi connectivity index (χ2v) is 10.00. The fourth-order valence-electron chi connectivity index (χ4n) is 3.11. The third-order valence-electron chi connectivity index (χ3n) is 4.64. The summed E-state index contributed by atoms with van der Waals surface area (Å²) in [5.41, 5.74) is -1.79. The highest BCUT2D eigenvalue weighted by Gasteiger charge is 2.51. The highest BCUT2D eigenvalue weighted by Crippen LogP contribution is 2.39. The van der Waals surface area contributed by atoms with Gasteiger partial charge >= 0.3 is 6.09 Å². The maximum Gasteiger partial charge on any atom is 0.410 e. The molecular weight excluding hydrogens is 458 g/mol. The Morgan fingerprint density at radius 1 is 1.38 bits per heavy atom. The number of rotatable bonds is 7. The van der Waals surface area contributed by atoms with Gasteiger partial charge in [0, 0.05) is 31.1 Å². The molecule has 2 aliphatic heterocycles. The standard InChI is InChI=1S/C19H24BrN5O3S/c1-5-6-8-19(23-24-19)9-7-14(26)22-18(15-21-13(20)10-29-15)11-25(12-18)16(27)28-17(2,3)4/h1,10H,6-9,11-12H2,2-4H3,(H,22,26). The summed E-state index contributed by atoms with van der Waals surface area (Å²) >= 11 is 4.80. The minimum atomic E-state index is -0.714.